The Morgan fingerprint density at radius 3 is 2.43 bits per heavy atom. The molecule has 30 heavy (non-hydrogen) atoms. The number of rotatable bonds is 10. The second-order valence-electron chi connectivity index (χ2n) is 6.10. The number of ether oxygens (including phenoxy) is 1. The maximum absolute atomic E-state index is 11.2. The first-order valence-electron chi connectivity index (χ1n) is 9.26. The molecule has 2 aromatic rings. The minimum absolute atomic E-state index is 0. The Labute approximate surface area is 201 Å². The first-order chi connectivity index (χ1) is 13.5. The Bertz CT molecular complexity index is 705. The first-order valence-corrected chi connectivity index (χ1v) is 11.2. The molecule has 5 nitrogen and oxygen atoms in total. The Hall–Kier alpha value is -0.843. The van der Waals surface area contributed by atoms with Crippen molar-refractivity contribution >= 4 is 22.4 Å². The van der Waals surface area contributed by atoms with Crippen molar-refractivity contribution in [3.8, 4) is 5.75 Å². The van der Waals surface area contributed by atoms with Crippen molar-refractivity contribution in [2.75, 3.05) is 26.0 Å². The molecule has 0 saturated heterocycles. The summed E-state index contributed by atoms with van der Waals surface area (Å²) < 4.78 is 16.9. The van der Waals surface area contributed by atoms with E-state index in [4.69, 9.17) is 21.4 Å². The number of hydrogen-bond donors (Lipinski definition) is 2. The Morgan fingerprint density at radius 2 is 1.93 bits per heavy atom. The second kappa shape index (κ2) is 18.9. The molecule has 8 heteroatoms. The summed E-state index contributed by atoms with van der Waals surface area (Å²) >= 11 is 5.75. The van der Waals surface area contributed by atoms with Gasteiger partial charge in [0.05, 0.1) is 0 Å². The van der Waals surface area contributed by atoms with Crippen LogP contribution in [0.5, 0.6) is 5.75 Å². The predicted octanol–water partition coefficient (Wildman–Crippen LogP) is 1.81. The van der Waals surface area contributed by atoms with Gasteiger partial charge >= 0.3 is 18.9 Å². The molecule has 0 radical (unpaired) electrons. The van der Waals surface area contributed by atoms with E-state index in [-0.39, 0.29) is 31.6 Å². The molecule has 0 aliphatic heterocycles. The fourth-order valence-electron chi connectivity index (χ4n) is 2.34. The van der Waals surface area contributed by atoms with Gasteiger partial charge in [0.15, 0.2) is 0 Å². The van der Waals surface area contributed by atoms with Crippen molar-refractivity contribution in [1.29, 1.82) is 0 Å². The van der Waals surface area contributed by atoms with Crippen molar-refractivity contribution in [3.05, 3.63) is 78.6 Å². The van der Waals surface area contributed by atoms with Crippen LogP contribution in [0.2, 0.25) is 5.02 Å². The van der Waals surface area contributed by atoms with Crippen LogP contribution in [-0.2, 0) is 17.2 Å². The topological polar surface area (TPSA) is 92.1 Å². The van der Waals surface area contributed by atoms with E-state index in [0.717, 1.165) is 34.1 Å². The largest absolute Gasteiger partial charge is 1.00 e. The molecule has 0 aromatic heterocycles. The molecule has 2 rings (SSSR count). The van der Waals surface area contributed by atoms with Gasteiger partial charge in [-0.15, -0.1) is 6.54 Å². The van der Waals surface area contributed by atoms with E-state index in [1.807, 2.05) is 48.5 Å². The predicted molar refractivity (Wildman–Crippen MR) is 124 cm³/mol. The maximum atomic E-state index is 11.2. The standard InChI is InChI=1S/C13H20NO2S.C9H10ClO.Li.H2N/c1-4-11(14-5-2)10-16-12-6-8-13(9-7-12)17(3)15;10-9-5-1-3-8(7-9)4-2-6-11;;/h6-9,11,14H,2,4-5,10H2,1,3H3;1-3,5,7,11H,4,6H2;;1H2/q2*-1;+1;-1/t11-,17?;;;/m0.../s1. The summed E-state index contributed by atoms with van der Waals surface area (Å²) in [4.78, 5) is 0.820. The molecule has 0 heterocycles. The molecule has 0 spiro atoms. The van der Waals surface area contributed by atoms with Crippen molar-refractivity contribution in [2.24, 2.45) is 0 Å². The zero-order valence-corrected chi connectivity index (χ0v) is 19.7. The number of aliphatic hydroxyl groups excluding tert-OH is 1. The van der Waals surface area contributed by atoms with Gasteiger partial charge in [0.2, 0.25) is 0 Å². The van der Waals surface area contributed by atoms with Crippen LogP contribution in [0, 0.1) is 13.3 Å². The number of halogens is 1. The van der Waals surface area contributed by atoms with E-state index in [9.17, 15) is 4.21 Å². The van der Waals surface area contributed by atoms with Crippen LogP contribution in [0.1, 0.15) is 18.9 Å². The Balaban J connectivity index is 0. The Morgan fingerprint density at radius 1 is 1.27 bits per heavy atom. The molecule has 0 aliphatic carbocycles. The van der Waals surface area contributed by atoms with E-state index in [0.29, 0.717) is 19.2 Å². The minimum atomic E-state index is -0.931. The summed E-state index contributed by atoms with van der Waals surface area (Å²) in [7, 11) is -0.931. The van der Waals surface area contributed by atoms with Crippen molar-refractivity contribution in [3.63, 3.8) is 0 Å². The Kier molecular flexibility index (Phi) is 19.7. The molecule has 0 fully saturated rings. The summed E-state index contributed by atoms with van der Waals surface area (Å²) in [6, 6.07) is 15.3. The normalized spacial score (nSPS) is 11.8. The van der Waals surface area contributed by atoms with Crippen LogP contribution in [0.15, 0.2) is 53.4 Å². The van der Waals surface area contributed by atoms with Gasteiger partial charge in [0, 0.05) is 33.0 Å². The van der Waals surface area contributed by atoms with Gasteiger partial charge in [0.25, 0.3) is 0 Å². The fraction of sp³-hybridized carbons (Fsp3) is 0.364. The first kappa shape index (κ1) is 31.3. The maximum Gasteiger partial charge on any atom is 1.00 e. The number of hydrogen-bond acceptors (Lipinski definition) is 4. The molecular formula is C22H32ClLiN2O3S-2. The van der Waals surface area contributed by atoms with Crippen LogP contribution < -0.4 is 28.9 Å². The van der Waals surface area contributed by atoms with Crippen LogP contribution >= 0.6 is 11.6 Å². The SMILES string of the molecule is OC[CH-]Cc1cccc(Cl)c1.[CH2-]CN[C@@H](CC)COc1ccc(S(C)=O)cc1.[Li+].[NH2-]. The van der Waals surface area contributed by atoms with Crippen molar-refractivity contribution < 1.29 is 32.9 Å². The van der Waals surface area contributed by atoms with Crippen molar-refractivity contribution in [2.45, 2.75) is 30.7 Å². The van der Waals surface area contributed by atoms with Crippen molar-refractivity contribution in [1.82, 2.24) is 5.32 Å². The quantitative estimate of drug-likeness (QED) is 0.430. The zero-order valence-electron chi connectivity index (χ0n) is 18.1. The number of benzene rings is 2. The molecule has 4 N–H and O–H groups in total. The average Bonchev–Trinajstić information content (AvgIpc) is 2.70. The molecule has 0 bridgehead atoms. The summed E-state index contributed by atoms with van der Waals surface area (Å²) in [5, 5.41) is 12.5. The van der Waals surface area contributed by atoms with E-state index >= 15 is 0 Å². The summed E-state index contributed by atoms with van der Waals surface area (Å²) in [6.45, 7) is 7.32. The third-order valence-electron chi connectivity index (χ3n) is 3.93. The third-order valence-corrected chi connectivity index (χ3v) is 5.10. The minimum Gasteiger partial charge on any atom is -0.693 e. The van der Waals surface area contributed by atoms with Gasteiger partial charge in [-0.05, 0) is 42.8 Å². The van der Waals surface area contributed by atoms with Crippen LogP contribution in [0.25, 0.3) is 6.15 Å². The van der Waals surface area contributed by atoms with Gasteiger partial charge in [-0.3, -0.25) is 10.6 Å². The van der Waals surface area contributed by atoms with Crippen LogP contribution in [-0.4, -0.2) is 41.4 Å². The van der Waals surface area contributed by atoms with Crippen LogP contribution in [0.4, 0.5) is 0 Å². The van der Waals surface area contributed by atoms with Gasteiger partial charge in [-0.2, -0.15) is 6.42 Å². The number of nitrogens with two attached hydrogens (primary N) is 1. The number of aliphatic hydroxyl groups is 1. The number of nitrogens with one attached hydrogen (secondary N) is 1. The molecule has 2 aromatic carbocycles. The van der Waals surface area contributed by atoms with E-state index in [1.165, 1.54) is 0 Å². The summed E-state index contributed by atoms with van der Waals surface area (Å²) in [5.41, 5.74) is 1.13. The van der Waals surface area contributed by atoms with E-state index in [1.54, 1.807) is 12.7 Å². The average molecular weight is 447 g/mol. The van der Waals surface area contributed by atoms with Gasteiger partial charge in [-0.25, -0.2) is 0 Å². The zero-order chi connectivity index (χ0) is 20.8. The molecule has 164 valence electrons. The molecular weight excluding hydrogens is 415 g/mol. The van der Waals surface area contributed by atoms with Crippen LogP contribution in [0.3, 0.4) is 0 Å². The third kappa shape index (κ3) is 13.5. The van der Waals surface area contributed by atoms with E-state index in [2.05, 4.69) is 19.2 Å². The summed E-state index contributed by atoms with van der Waals surface area (Å²) in [5.74, 6) is 0.809. The van der Waals surface area contributed by atoms with Gasteiger partial charge in [-0.1, -0.05) is 42.8 Å². The molecule has 1 unspecified atom stereocenters. The molecule has 0 saturated carbocycles. The molecule has 0 amide bonds. The van der Waals surface area contributed by atoms with Gasteiger partial charge < -0.3 is 28.2 Å². The molecule has 0 aliphatic rings. The molecule has 2 atom stereocenters. The monoisotopic (exact) mass is 446 g/mol. The van der Waals surface area contributed by atoms with Gasteiger partial charge in [0.1, 0.15) is 12.4 Å². The fourth-order valence-corrected chi connectivity index (χ4v) is 3.08. The smallest absolute Gasteiger partial charge is 0.693 e. The van der Waals surface area contributed by atoms with E-state index < -0.39 is 10.8 Å². The summed E-state index contributed by atoms with van der Waals surface area (Å²) in [6.07, 6.45) is 5.25. The second-order valence-corrected chi connectivity index (χ2v) is 7.92.